The molecule has 0 bridgehead atoms. The maximum absolute atomic E-state index is 2.88. The van der Waals surface area contributed by atoms with E-state index in [1.807, 2.05) is 0 Å². The van der Waals surface area contributed by atoms with Gasteiger partial charge in [-0.1, -0.05) is 5.92 Å². The highest BCUT2D eigenvalue weighted by atomic mass is 15.0. The highest BCUT2D eigenvalue weighted by Gasteiger charge is 1.81. The van der Waals surface area contributed by atoms with Crippen LogP contribution in [0, 0.1) is 18.5 Å². The van der Waals surface area contributed by atoms with Crippen LogP contribution in [0.15, 0.2) is 0 Å². The lowest BCUT2D eigenvalue weighted by atomic mass is 10.6. The average Bonchev–Trinajstić information content (AvgIpc) is 1.72. The van der Waals surface area contributed by atoms with E-state index in [4.69, 9.17) is 0 Å². The Kier molecular flexibility index (Phi) is 0.984. The smallest absolute Gasteiger partial charge is 0.0992 e. The predicted octanol–water partition coefficient (Wildman–Crippen LogP) is -0.741. The van der Waals surface area contributed by atoms with Gasteiger partial charge in [-0.2, -0.15) is 0 Å². The van der Waals surface area contributed by atoms with Crippen molar-refractivity contribution in [2.75, 3.05) is 6.67 Å². The van der Waals surface area contributed by atoms with Crippen LogP contribution in [0.1, 0.15) is 0 Å². The van der Waals surface area contributed by atoms with Gasteiger partial charge in [0.15, 0.2) is 0 Å². The van der Waals surface area contributed by atoms with Gasteiger partial charge in [0.25, 0.3) is 0 Å². The summed E-state index contributed by atoms with van der Waals surface area (Å²) >= 11 is 0. The van der Waals surface area contributed by atoms with Crippen LogP contribution < -0.4 is 10.6 Å². The maximum Gasteiger partial charge on any atom is 0.0992 e. The van der Waals surface area contributed by atoms with Gasteiger partial charge >= 0.3 is 0 Å². The summed E-state index contributed by atoms with van der Waals surface area (Å²) in [6, 6.07) is 2.67. The van der Waals surface area contributed by atoms with E-state index >= 15 is 0 Å². The van der Waals surface area contributed by atoms with Crippen molar-refractivity contribution in [1.29, 1.82) is 0 Å². The largest absolute Gasteiger partial charge is 0.332 e. The second-order valence-electron chi connectivity index (χ2n) is 0.971. The standard InChI is InChI=1S/C4H5N2/c1-2-5-4-6-3-1/h2,5-6H,4H2. The van der Waals surface area contributed by atoms with Crippen LogP contribution in [0.25, 0.3) is 0 Å². The van der Waals surface area contributed by atoms with Gasteiger partial charge < -0.3 is 5.32 Å². The number of nitrogens with one attached hydrogen (secondary N) is 2. The maximum atomic E-state index is 2.88. The van der Waals surface area contributed by atoms with E-state index in [1.54, 1.807) is 6.54 Å². The van der Waals surface area contributed by atoms with Gasteiger partial charge in [0, 0.05) is 6.04 Å². The molecule has 31 valence electrons. The lowest BCUT2D eigenvalue weighted by Gasteiger charge is -1.99. The molecule has 0 aromatic rings. The topological polar surface area (TPSA) is 24.1 Å². The molecule has 0 saturated heterocycles. The first-order valence-corrected chi connectivity index (χ1v) is 1.78. The molecule has 1 radical (unpaired) electrons. The van der Waals surface area contributed by atoms with Crippen molar-refractivity contribution in [2.45, 2.75) is 0 Å². The Bertz CT molecular complexity index is 77.5. The molecule has 2 N–H and O–H groups in total. The van der Waals surface area contributed by atoms with Crippen LogP contribution in [0.3, 0.4) is 0 Å². The summed E-state index contributed by atoms with van der Waals surface area (Å²) in [5.74, 6) is 2.69. The molecule has 0 saturated carbocycles. The number of hydrogen-bond acceptors (Lipinski definition) is 2. The first-order valence-electron chi connectivity index (χ1n) is 1.78. The molecule has 0 aliphatic carbocycles. The van der Waals surface area contributed by atoms with Crippen LogP contribution >= 0.6 is 0 Å². The van der Waals surface area contributed by atoms with E-state index in [2.05, 4.69) is 22.6 Å². The summed E-state index contributed by atoms with van der Waals surface area (Å²) in [6.45, 7) is 2.49. The molecule has 0 spiro atoms. The van der Waals surface area contributed by atoms with Crippen LogP contribution in [-0.4, -0.2) is 6.67 Å². The van der Waals surface area contributed by atoms with Gasteiger partial charge in [-0.05, 0) is 0 Å². The van der Waals surface area contributed by atoms with Crippen molar-refractivity contribution in [3.63, 3.8) is 0 Å². The van der Waals surface area contributed by atoms with Crippen molar-refractivity contribution in [3.8, 4) is 12.0 Å². The second-order valence-corrected chi connectivity index (χ2v) is 0.971. The summed E-state index contributed by atoms with van der Waals surface area (Å²) in [6.07, 6.45) is 0. The average molecular weight is 81.1 g/mol. The van der Waals surface area contributed by atoms with Crippen LogP contribution in [0.4, 0.5) is 0 Å². The van der Waals surface area contributed by atoms with Gasteiger partial charge in [0.1, 0.15) is 0 Å². The molecular formula is C4H5N2. The van der Waals surface area contributed by atoms with Crippen molar-refractivity contribution in [3.05, 3.63) is 6.54 Å². The summed E-state index contributed by atoms with van der Waals surface area (Å²) < 4.78 is 0. The summed E-state index contributed by atoms with van der Waals surface area (Å²) in [5.41, 5.74) is 0. The zero-order valence-electron chi connectivity index (χ0n) is 3.28. The van der Waals surface area contributed by atoms with E-state index in [0.717, 1.165) is 6.67 Å². The zero-order chi connectivity index (χ0) is 4.24. The van der Waals surface area contributed by atoms with E-state index in [0.29, 0.717) is 0 Å². The summed E-state index contributed by atoms with van der Waals surface area (Å²) in [4.78, 5) is 0. The van der Waals surface area contributed by atoms with Crippen molar-refractivity contribution in [2.24, 2.45) is 0 Å². The highest BCUT2D eigenvalue weighted by molar-refractivity contribution is 5.09. The van der Waals surface area contributed by atoms with E-state index in [9.17, 15) is 0 Å². The molecule has 6 heavy (non-hydrogen) atoms. The van der Waals surface area contributed by atoms with Gasteiger partial charge in [-0.3, -0.25) is 5.32 Å². The third-order valence-electron chi connectivity index (χ3n) is 0.525. The Morgan fingerprint density at radius 2 is 2.67 bits per heavy atom. The Balaban J connectivity index is 2.36. The van der Waals surface area contributed by atoms with Crippen molar-refractivity contribution < 1.29 is 0 Å². The second kappa shape index (κ2) is 1.68. The SMILES string of the molecule is C1#CNCN[CH]1. The molecule has 2 heteroatoms. The molecule has 0 fully saturated rings. The molecular weight excluding hydrogens is 76.1 g/mol. The Hall–Kier alpha value is -0.680. The van der Waals surface area contributed by atoms with Crippen molar-refractivity contribution in [1.82, 2.24) is 10.6 Å². The molecule has 1 rings (SSSR count). The van der Waals surface area contributed by atoms with Crippen LogP contribution in [0.5, 0.6) is 0 Å². The summed E-state index contributed by atoms with van der Waals surface area (Å²) in [5, 5.41) is 5.66. The molecule has 1 heterocycles. The third kappa shape index (κ3) is 0.631. The Morgan fingerprint density at radius 1 is 1.67 bits per heavy atom. The fraction of sp³-hybridized carbons (Fsp3) is 0.250. The Labute approximate surface area is 36.9 Å². The first kappa shape index (κ1) is 3.51. The summed E-state index contributed by atoms with van der Waals surface area (Å²) in [7, 11) is 0. The lowest BCUT2D eigenvalue weighted by Crippen LogP contribution is -2.26. The van der Waals surface area contributed by atoms with E-state index < -0.39 is 0 Å². The normalized spacial score (nSPS) is 17.3. The molecule has 0 atom stereocenters. The number of hydrogen-bond donors (Lipinski definition) is 2. The number of rotatable bonds is 0. The molecule has 1 aliphatic heterocycles. The molecule has 0 aromatic carbocycles. The quantitative estimate of drug-likeness (QED) is 0.375. The van der Waals surface area contributed by atoms with Gasteiger partial charge in [-0.25, -0.2) is 0 Å². The predicted molar refractivity (Wildman–Crippen MR) is 23.2 cm³/mol. The lowest BCUT2D eigenvalue weighted by molar-refractivity contribution is 0.748. The van der Waals surface area contributed by atoms with E-state index in [1.165, 1.54) is 0 Å². The third-order valence-corrected chi connectivity index (χ3v) is 0.525. The zero-order valence-corrected chi connectivity index (χ0v) is 3.28. The van der Waals surface area contributed by atoms with Crippen molar-refractivity contribution >= 4 is 0 Å². The van der Waals surface area contributed by atoms with Gasteiger partial charge in [0.2, 0.25) is 0 Å². The van der Waals surface area contributed by atoms with E-state index in [-0.39, 0.29) is 0 Å². The molecule has 0 unspecified atom stereocenters. The minimum absolute atomic E-state index is 0.771. The monoisotopic (exact) mass is 81.0 g/mol. The van der Waals surface area contributed by atoms with Crippen LogP contribution in [-0.2, 0) is 0 Å². The minimum atomic E-state index is 0.771. The van der Waals surface area contributed by atoms with Gasteiger partial charge in [0.05, 0.1) is 13.2 Å². The highest BCUT2D eigenvalue weighted by Crippen LogP contribution is 1.64. The fourth-order valence-electron chi connectivity index (χ4n) is 0.284. The van der Waals surface area contributed by atoms with Crippen LogP contribution in [0.2, 0.25) is 0 Å². The molecule has 0 aromatic heterocycles. The Morgan fingerprint density at radius 3 is 2.83 bits per heavy atom. The minimum Gasteiger partial charge on any atom is -0.332 e. The van der Waals surface area contributed by atoms with Gasteiger partial charge in [-0.15, -0.1) is 0 Å². The molecule has 2 nitrogen and oxygen atoms in total. The fourth-order valence-corrected chi connectivity index (χ4v) is 0.284. The molecule has 0 amide bonds. The molecule has 1 aliphatic rings. The first-order chi connectivity index (χ1) is 3.00.